The van der Waals surface area contributed by atoms with Crippen LogP contribution in [-0.4, -0.2) is 42.7 Å². The van der Waals surface area contributed by atoms with Crippen LogP contribution < -0.4 is 14.8 Å². The summed E-state index contributed by atoms with van der Waals surface area (Å²) >= 11 is 0. The van der Waals surface area contributed by atoms with Crippen molar-refractivity contribution < 1.29 is 38.1 Å². The number of carbonyl (C=O) groups excluding carboxylic acids is 1. The van der Waals surface area contributed by atoms with Crippen molar-refractivity contribution >= 4 is 33.3 Å². The Kier molecular flexibility index (Phi) is 6.21. The Morgan fingerprint density at radius 2 is 1.53 bits per heavy atom. The number of hydrogen-bond acceptors (Lipinski definition) is 7. The number of aromatic hydroxyl groups is 2. The third kappa shape index (κ3) is 4.73. The maximum absolute atomic E-state index is 12.7. The molecular weight excluding hydrogens is 440 g/mol. The first-order valence-corrected chi connectivity index (χ1v) is 10.5. The monoisotopic (exact) mass is 458 g/mol. The quantitative estimate of drug-likeness (QED) is 0.361. The van der Waals surface area contributed by atoms with Crippen molar-refractivity contribution in [1.29, 1.82) is 0 Å². The third-order valence-electron chi connectivity index (χ3n) is 4.33. The Labute approximate surface area is 182 Å². The maximum Gasteiger partial charge on any atom is 0.339 e. The minimum absolute atomic E-state index is 0.0550. The van der Waals surface area contributed by atoms with E-state index in [-0.39, 0.29) is 33.3 Å². The molecule has 0 spiro atoms. The van der Waals surface area contributed by atoms with Crippen molar-refractivity contribution in [3.8, 4) is 17.2 Å². The minimum Gasteiger partial charge on any atom is -0.507 e. The fraction of sp³-hybridized carbons (Fsp3) is 0.0476. The molecule has 1 amide bonds. The zero-order valence-corrected chi connectivity index (χ0v) is 17.4. The summed E-state index contributed by atoms with van der Waals surface area (Å²) in [5.74, 6) is -3.04. The second-order valence-corrected chi connectivity index (χ2v) is 8.16. The molecule has 11 heteroatoms. The molecule has 5 N–H and O–H groups in total. The predicted molar refractivity (Wildman–Crippen MR) is 115 cm³/mol. The van der Waals surface area contributed by atoms with Gasteiger partial charge in [-0.15, -0.1) is 0 Å². The summed E-state index contributed by atoms with van der Waals surface area (Å²) < 4.78 is 32.3. The molecule has 0 saturated heterocycles. The van der Waals surface area contributed by atoms with Gasteiger partial charge in [-0.2, -0.15) is 0 Å². The number of benzene rings is 3. The molecule has 0 aliphatic rings. The van der Waals surface area contributed by atoms with E-state index in [4.69, 9.17) is 4.74 Å². The summed E-state index contributed by atoms with van der Waals surface area (Å²) in [5.41, 5.74) is -0.267. The van der Waals surface area contributed by atoms with Crippen molar-refractivity contribution in [3.63, 3.8) is 0 Å². The molecule has 0 fully saturated rings. The van der Waals surface area contributed by atoms with Crippen molar-refractivity contribution in [2.75, 3.05) is 17.1 Å². The Hall–Kier alpha value is -4.25. The van der Waals surface area contributed by atoms with Crippen LogP contribution in [0, 0.1) is 0 Å². The van der Waals surface area contributed by atoms with E-state index in [1.165, 1.54) is 43.5 Å². The van der Waals surface area contributed by atoms with Crippen LogP contribution in [-0.2, 0) is 10.0 Å². The van der Waals surface area contributed by atoms with Gasteiger partial charge < -0.3 is 25.4 Å². The first-order chi connectivity index (χ1) is 15.1. The number of carboxylic acid groups (broad SMARTS) is 1. The fourth-order valence-corrected chi connectivity index (χ4v) is 3.88. The van der Waals surface area contributed by atoms with Crippen LogP contribution in [0.2, 0.25) is 0 Å². The van der Waals surface area contributed by atoms with Crippen LogP contribution in [0.25, 0.3) is 0 Å². The van der Waals surface area contributed by atoms with Crippen LogP contribution in [0.3, 0.4) is 0 Å². The minimum atomic E-state index is -4.14. The average molecular weight is 458 g/mol. The SMILES string of the molecule is COc1c(O)cc(NS(=O)(=O)c2ccc(NC(=O)c3ccccc3O)cc2)cc1C(=O)O. The molecule has 0 aromatic heterocycles. The van der Waals surface area contributed by atoms with Crippen molar-refractivity contribution in [1.82, 2.24) is 0 Å². The van der Waals surface area contributed by atoms with E-state index in [2.05, 4.69) is 10.0 Å². The number of phenols is 2. The first kappa shape index (κ1) is 22.4. The molecular formula is C21H18N2O8S. The molecule has 3 aromatic rings. The lowest BCUT2D eigenvalue weighted by Crippen LogP contribution is -2.15. The molecule has 32 heavy (non-hydrogen) atoms. The van der Waals surface area contributed by atoms with E-state index in [1.54, 1.807) is 12.1 Å². The smallest absolute Gasteiger partial charge is 0.339 e. The van der Waals surface area contributed by atoms with Gasteiger partial charge in [0, 0.05) is 11.8 Å². The fourth-order valence-electron chi connectivity index (χ4n) is 2.84. The van der Waals surface area contributed by atoms with E-state index >= 15 is 0 Å². The third-order valence-corrected chi connectivity index (χ3v) is 5.72. The number of rotatable bonds is 7. The molecule has 0 aliphatic carbocycles. The molecule has 0 bridgehead atoms. The number of amides is 1. The Morgan fingerprint density at radius 3 is 2.12 bits per heavy atom. The molecule has 0 heterocycles. The summed E-state index contributed by atoms with van der Waals surface area (Å²) in [6, 6.07) is 13.1. The number of ether oxygens (including phenoxy) is 1. The number of para-hydroxylation sites is 1. The highest BCUT2D eigenvalue weighted by Crippen LogP contribution is 2.34. The van der Waals surface area contributed by atoms with Gasteiger partial charge in [-0.05, 0) is 42.5 Å². The van der Waals surface area contributed by atoms with Crippen LogP contribution >= 0.6 is 0 Å². The van der Waals surface area contributed by atoms with E-state index in [9.17, 15) is 33.3 Å². The number of carboxylic acids is 1. The normalized spacial score (nSPS) is 10.9. The molecule has 0 unspecified atom stereocenters. The highest BCUT2D eigenvalue weighted by atomic mass is 32.2. The van der Waals surface area contributed by atoms with Crippen LogP contribution in [0.4, 0.5) is 11.4 Å². The number of hydrogen-bond donors (Lipinski definition) is 5. The second-order valence-electron chi connectivity index (χ2n) is 6.48. The highest BCUT2D eigenvalue weighted by molar-refractivity contribution is 7.92. The summed E-state index contributed by atoms with van der Waals surface area (Å²) in [7, 11) is -2.97. The number of sulfonamides is 1. The molecule has 0 radical (unpaired) electrons. The number of nitrogens with one attached hydrogen (secondary N) is 2. The van der Waals surface area contributed by atoms with E-state index in [0.29, 0.717) is 0 Å². The highest BCUT2D eigenvalue weighted by Gasteiger charge is 2.20. The maximum atomic E-state index is 12.7. The van der Waals surface area contributed by atoms with E-state index < -0.39 is 33.2 Å². The molecule has 0 aliphatic heterocycles. The molecule has 3 aromatic carbocycles. The van der Waals surface area contributed by atoms with Gasteiger partial charge in [0.15, 0.2) is 11.5 Å². The Bertz CT molecular complexity index is 1290. The van der Waals surface area contributed by atoms with Crippen LogP contribution in [0.15, 0.2) is 65.6 Å². The topological polar surface area (TPSA) is 162 Å². The molecule has 0 saturated carbocycles. The first-order valence-electron chi connectivity index (χ1n) is 8.99. The number of anilines is 2. The number of carbonyl (C=O) groups is 2. The summed E-state index contributed by atoms with van der Waals surface area (Å²) in [6.45, 7) is 0. The van der Waals surface area contributed by atoms with E-state index in [1.807, 2.05) is 0 Å². The largest absolute Gasteiger partial charge is 0.507 e. The lowest BCUT2D eigenvalue weighted by molar-refractivity contribution is 0.0692. The zero-order valence-electron chi connectivity index (χ0n) is 16.6. The summed E-state index contributed by atoms with van der Waals surface area (Å²) in [6.07, 6.45) is 0. The van der Waals surface area contributed by atoms with Gasteiger partial charge in [-0.25, -0.2) is 13.2 Å². The van der Waals surface area contributed by atoms with E-state index in [0.717, 1.165) is 12.1 Å². The Balaban J connectivity index is 1.80. The van der Waals surface area contributed by atoms with Gasteiger partial charge in [0.1, 0.15) is 11.3 Å². The van der Waals surface area contributed by atoms with Gasteiger partial charge in [0.2, 0.25) is 0 Å². The lowest BCUT2D eigenvalue weighted by atomic mass is 10.1. The van der Waals surface area contributed by atoms with Gasteiger partial charge in [0.25, 0.3) is 15.9 Å². The number of methoxy groups -OCH3 is 1. The molecule has 0 atom stereocenters. The Morgan fingerprint density at radius 1 is 0.875 bits per heavy atom. The van der Waals surface area contributed by atoms with Crippen molar-refractivity contribution in [2.45, 2.75) is 4.90 Å². The van der Waals surface area contributed by atoms with Gasteiger partial charge >= 0.3 is 5.97 Å². The standard InChI is InChI=1S/C21H18N2O8S/c1-31-19-16(21(27)28)10-13(11-18(19)25)23-32(29,30)14-8-6-12(7-9-14)22-20(26)15-4-2-3-5-17(15)24/h2-11,23-25H,1H3,(H,22,26)(H,27,28). The number of aromatic carboxylic acids is 1. The van der Waals surface area contributed by atoms with Crippen LogP contribution in [0.1, 0.15) is 20.7 Å². The van der Waals surface area contributed by atoms with Gasteiger partial charge in [-0.1, -0.05) is 12.1 Å². The van der Waals surface area contributed by atoms with Crippen LogP contribution in [0.5, 0.6) is 17.2 Å². The zero-order chi connectivity index (χ0) is 23.5. The average Bonchev–Trinajstić information content (AvgIpc) is 2.73. The van der Waals surface area contributed by atoms with Gasteiger partial charge in [-0.3, -0.25) is 9.52 Å². The molecule has 166 valence electrons. The van der Waals surface area contributed by atoms with Gasteiger partial charge in [0.05, 0.1) is 23.3 Å². The number of phenolic OH excluding ortho intramolecular Hbond substituents is 2. The predicted octanol–water partition coefficient (Wildman–Crippen LogP) is 2.86. The lowest BCUT2D eigenvalue weighted by Gasteiger charge is -2.13. The van der Waals surface area contributed by atoms with Crippen molar-refractivity contribution in [2.24, 2.45) is 0 Å². The second kappa shape index (κ2) is 8.86. The molecule has 3 rings (SSSR count). The summed E-state index contributed by atoms with van der Waals surface area (Å²) in [5, 5.41) is 31.5. The molecule has 10 nitrogen and oxygen atoms in total. The summed E-state index contributed by atoms with van der Waals surface area (Å²) in [4.78, 5) is 23.4. The van der Waals surface area contributed by atoms with Crippen molar-refractivity contribution in [3.05, 3.63) is 71.8 Å².